The van der Waals surface area contributed by atoms with Crippen LogP contribution in [0, 0.1) is 0 Å². The number of rotatable bonds is 4. The average Bonchev–Trinajstić information content (AvgIpc) is 2.14. The largest absolute Gasteiger partial charge is 0.317 e. The van der Waals surface area contributed by atoms with Crippen LogP contribution in [0.4, 0.5) is 0 Å². The van der Waals surface area contributed by atoms with Gasteiger partial charge in [0.1, 0.15) is 0 Å². The molecule has 0 radical (unpaired) electrons. The summed E-state index contributed by atoms with van der Waals surface area (Å²) < 4.78 is 21.5. The Morgan fingerprint density at radius 3 is 2.50 bits per heavy atom. The second-order valence-electron chi connectivity index (χ2n) is 3.83. The number of hydrogen-bond acceptors (Lipinski definition) is 4. The number of nitrogens with zero attached hydrogens (tertiary/aromatic N) is 1. The Kier molecular flexibility index (Phi) is 4.31. The summed E-state index contributed by atoms with van der Waals surface area (Å²) >= 11 is 0. The molecule has 0 atom stereocenters. The van der Waals surface area contributed by atoms with Gasteiger partial charge in [-0.05, 0) is 33.0 Å². The molecule has 0 spiro atoms. The van der Waals surface area contributed by atoms with E-state index in [2.05, 4.69) is 10.2 Å². The van der Waals surface area contributed by atoms with Crippen molar-refractivity contribution in [3.05, 3.63) is 0 Å². The third kappa shape index (κ3) is 4.36. The summed E-state index contributed by atoms with van der Waals surface area (Å²) in [6.07, 6.45) is 2.17. The molecule has 1 aliphatic rings. The molecular weight excluding hydrogens is 202 g/mol. The van der Waals surface area contributed by atoms with Gasteiger partial charge in [-0.15, -0.1) is 0 Å². The van der Waals surface area contributed by atoms with E-state index >= 15 is 0 Å². The Morgan fingerprint density at radius 2 is 2.00 bits per heavy atom. The van der Waals surface area contributed by atoms with E-state index in [1.165, 1.54) is 0 Å². The SMILES string of the molecule is CN(CCS(N)(=O)=O)C1CCNCC1. The van der Waals surface area contributed by atoms with Crippen molar-refractivity contribution in [1.29, 1.82) is 0 Å². The topological polar surface area (TPSA) is 75.4 Å². The zero-order chi connectivity index (χ0) is 10.6. The lowest BCUT2D eigenvalue weighted by Gasteiger charge is -2.31. The van der Waals surface area contributed by atoms with Gasteiger partial charge in [-0.25, -0.2) is 13.6 Å². The van der Waals surface area contributed by atoms with Crippen LogP contribution in [-0.2, 0) is 10.0 Å². The van der Waals surface area contributed by atoms with Crippen LogP contribution in [0.2, 0.25) is 0 Å². The van der Waals surface area contributed by atoms with Crippen LogP contribution in [0.15, 0.2) is 0 Å². The highest BCUT2D eigenvalue weighted by atomic mass is 32.2. The van der Waals surface area contributed by atoms with E-state index in [0.29, 0.717) is 12.6 Å². The molecule has 14 heavy (non-hydrogen) atoms. The Hall–Kier alpha value is -0.170. The lowest BCUT2D eigenvalue weighted by molar-refractivity contribution is 0.209. The first-order chi connectivity index (χ1) is 6.49. The molecule has 84 valence electrons. The number of piperidine rings is 1. The van der Waals surface area contributed by atoms with Crippen molar-refractivity contribution in [1.82, 2.24) is 10.2 Å². The Morgan fingerprint density at radius 1 is 1.43 bits per heavy atom. The first-order valence-corrected chi connectivity index (χ1v) is 6.62. The standard InChI is InChI=1S/C8H19N3O2S/c1-11(6-7-14(9,12)13)8-2-4-10-5-3-8/h8,10H,2-7H2,1H3,(H2,9,12,13). The summed E-state index contributed by atoms with van der Waals surface area (Å²) in [4.78, 5) is 2.09. The van der Waals surface area contributed by atoms with Crippen LogP contribution in [0.25, 0.3) is 0 Å². The van der Waals surface area contributed by atoms with Gasteiger partial charge in [0, 0.05) is 12.6 Å². The number of nitrogens with one attached hydrogen (secondary N) is 1. The first kappa shape index (κ1) is 11.9. The molecule has 0 aromatic heterocycles. The van der Waals surface area contributed by atoms with E-state index in [-0.39, 0.29) is 5.75 Å². The number of hydrogen-bond donors (Lipinski definition) is 2. The molecule has 1 saturated heterocycles. The second-order valence-corrected chi connectivity index (χ2v) is 5.56. The van der Waals surface area contributed by atoms with Crippen molar-refractivity contribution in [2.24, 2.45) is 5.14 Å². The van der Waals surface area contributed by atoms with Crippen molar-refractivity contribution in [3.63, 3.8) is 0 Å². The molecule has 6 heteroatoms. The summed E-state index contributed by atoms with van der Waals surface area (Å²) in [5.41, 5.74) is 0. The van der Waals surface area contributed by atoms with Gasteiger partial charge in [-0.1, -0.05) is 0 Å². The third-order valence-electron chi connectivity index (χ3n) is 2.66. The van der Waals surface area contributed by atoms with Crippen molar-refractivity contribution in [3.8, 4) is 0 Å². The molecule has 1 fully saturated rings. The van der Waals surface area contributed by atoms with Gasteiger partial charge in [0.25, 0.3) is 0 Å². The molecule has 1 aliphatic heterocycles. The molecule has 1 rings (SSSR count). The van der Waals surface area contributed by atoms with Crippen LogP contribution in [0.5, 0.6) is 0 Å². The molecular formula is C8H19N3O2S. The maximum absolute atomic E-state index is 10.8. The highest BCUT2D eigenvalue weighted by Gasteiger charge is 2.18. The number of nitrogens with two attached hydrogens (primary N) is 1. The zero-order valence-corrected chi connectivity index (χ0v) is 9.39. The summed E-state index contributed by atoms with van der Waals surface area (Å²) in [6, 6.07) is 0.498. The minimum Gasteiger partial charge on any atom is -0.317 e. The summed E-state index contributed by atoms with van der Waals surface area (Å²) in [7, 11) is -1.36. The lowest BCUT2D eigenvalue weighted by atomic mass is 10.1. The van der Waals surface area contributed by atoms with Crippen molar-refractivity contribution < 1.29 is 8.42 Å². The van der Waals surface area contributed by atoms with Crippen molar-refractivity contribution in [2.75, 3.05) is 32.4 Å². The average molecular weight is 221 g/mol. The smallest absolute Gasteiger partial charge is 0.210 e. The van der Waals surface area contributed by atoms with E-state index in [0.717, 1.165) is 25.9 Å². The van der Waals surface area contributed by atoms with Crippen LogP contribution >= 0.6 is 0 Å². The van der Waals surface area contributed by atoms with Crippen LogP contribution < -0.4 is 10.5 Å². The molecule has 0 unspecified atom stereocenters. The van der Waals surface area contributed by atoms with E-state index < -0.39 is 10.0 Å². The normalized spacial score (nSPS) is 20.2. The van der Waals surface area contributed by atoms with E-state index in [9.17, 15) is 8.42 Å². The van der Waals surface area contributed by atoms with Crippen LogP contribution in [0.1, 0.15) is 12.8 Å². The van der Waals surface area contributed by atoms with Gasteiger partial charge in [-0.2, -0.15) is 0 Å². The first-order valence-electron chi connectivity index (χ1n) is 4.90. The summed E-state index contributed by atoms with van der Waals surface area (Å²) in [5.74, 6) is 0.0490. The predicted molar refractivity (Wildman–Crippen MR) is 56.5 cm³/mol. The highest BCUT2D eigenvalue weighted by molar-refractivity contribution is 7.89. The monoisotopic (exact) mass is 221 g/mol. The number of primary sulfonamides is 1. The fourth-order valence-electron chi connectivity index (χ4n) is 1.70. The minimum absolute atomic E-state index is 0.0490. The second kappa shape index (κ2) is 5.06. The van der Waals surface area contributed by atoms with Crippen molar-refractivity contribution >= 4 is 10.0 Å². The zero-order valence-electron chi connectivity index (χ0n) is 8.57. The van der Waals surface area contributed by atoms with Gasteiger partial charge >= 0.3 is 0 Å². The molecule has 0 saturated carbocycles. The van der Waals surface area contributed by atoms with Gasteiger partial charge in [-0.3, -0.25) is 0 Å². The van der Waals surface area contributed by atoms with Gasteiger partial charge in [0.05, 0.1) is 5.75 Å². The molecule has 3 N–H and O–H groups in total. The Balaban J connectivity index is 2.30. The molecule has 0 aromatic rings. The molecule has 1 heterocycles. The summed E-state index contributed by atoms with van der Waals surface area (Å²) in [5, 5.41) is 8.22. The van der Waals surface area contributed by atoms with Crippen LogP contribution in [-0.4, -0.2) is 51.8 Å². The molecule has 0 aromatic carbocycles. The summed E-state index contributed by atoms with van der Waals surface area (Å²) in [6.45, 7) is 2.57. The van der Waals surface area contributed by atoms with E-state index in [4.69, 9.17) is 5.14 Å². The molecule has 5 nitrogen and oxygen atoms in total. The van der Waals surface area contributed by atoms with Crippen LogP contribution in [0.3, 0.4) is 0 Å². The number of sulfonamides is 1. The Bertz CT molecular complexity index is 260. The van der Waals surface area contributed by atoms with E-state index in [1.54, 1.807) is 0 Å². The van der Waals surface area contributed by atoms with Gasteiger partial charge in [0.15, 0.2) is 0 Å². The molecule has 0 bridgehead atoms. The predicted octanol–water partition coefficient (Wildman–Crippen LogP) is -1.04. The molecule has 0 aliphatic carbocycles. The Labute approximate surface area is 85.7 Å². The molecule has 0 amide bonds. The highest BCUT2D eigenvalue weighted by Crippen LogP contribution is 2.09. The third-order valence-corrected chi connectivity index (χ3v) is 3.41. The quantitative estimate of drug-likeness (QED) is 0.636. The maximum atomic E-state index is 10.8. The lowest BCUT2D eigenvalue weighted by Crippen LogP contribution is -2.43. The fraction of sp³-hybridized carbons (Fsp3) is 1.00. The van der Waals surface area contributed by atoms with Gasteiger partial charge < -0.3 is 10.2 Å². The maximum Gasteiger partial charge on any atom is 0.210 e. The van der Waals surface area contributed by atoms with E-state index in [1.807, 2.05) is 7.05 Å². The minimum atomic E-state index is -3.32. The van der Waals surface area contributed by atoms with Crippen molar-refractivity contribution in [2.45, 2.75) is 18.9 Å². The van der Waals surface area contributed by atoms with Gasteiger partial charge in [0.2, 0.25) is 10.0 Å². The fourth-order valence-corrected chi connectivity index (χ4v) is 2.24.